The van der Waals surface area contributed by atoms with E-state index in [1.807, 2.05) is 9.48 Å². The second kappa shape index (κ2) is 13.3. The van der Waals surface area contributed by atoms with Gasteiger partial charge in [-0.25, -0.2) is 9.48 Å². The molecular formula is C33H46N2O4. The molecule has 2 aromatic carbocycles. The van der Waals surface area contributed by atoms with Gasteiger partial charge in [-0.3, -0.25) is 4.79 Å². The first-order chi connectivity index (χ1) is 18.5. The molecule has 0 saturated carbocycles. The highest BCUT2D eigenvalue weighted by atomic mass is 16.5. The number of anilines is 1. The van der Waals surface area contributed by atoms with Crippen LogP contribution in [0.5, 0.6) is 0 Å². The van der Waals surface area contributed by atoms with Crippen molar-refractivity contribution in [3.63, 3.8) is 0 Å². The molecule has 6 nitrogen and oxygen atoms in total. The van der Waals surface area contributed by atoms with Crippen molar-refractivity contribution < 1.29 is 24.0 Å². The number of ether oxygens (including phenoxy) is 1. The first-order valence-electron chi connectivity index (χ1n) is 14.5. The predicted molar refractivity (Wildman–Crippen MR) is 156 cm³/mol. The van der Waals surface area contributed by atoms with Crippen LogP contribution in [0.1, 0.15) is 121 Å². The molecule has 0 unspecified atom stereocenters. The van der Waals surface area contributed by atoms with E-state index in [4.69, 9.17) is 0 Å². The minimum Gasteiger partial charge on any atom is -0.538 e. The number of carbonyl (C=O) groups is 2. The highest BCUT2D eigenvalue weighted by Gasteiger charge is 2.39. The molecular weight excluding hydrogens is 488 g/mol. The molecule has 0 amide bonds. The SMILES string of the molecule is CC(C)c1cccc(C(C)C)c1N1CC[N+](c2c(C(C)C)cccc2C(C)C)=C1C(=O)[O-].O=C1CCCCO1. The van der Waals surface area contributed by atoms with Crippen molar-refractivity contribution in [2.45, 2.75) is 98.3 Å². The third-order valence-electron chi connectivity index (χ3n) is 7.50. The van der Waals surface area contributed by atoms with Gasteiger partial charge >= 0.3 is 11.8 Å². The summed E-state index contributed by atoms with van der Waals surface area (Å²) < 4.78 is 6.64. The lowest BCUT2D eigenvalue weighted by Gasteiger charge is -2.24. The normalized spacial score (nSPS) is 15.8. The number of carbonyl (C=O) groups excluding carboxylic acids is 2. The maximum Gasteiger partial charge on any atom is 0.305 e. The number of carboxylic acid groups (broad SMARTS) is 1. The van der Waals surface area contributed by atoms with Crippen LogP contribution in [0.25, 0.3) is 0 Å². The van der Waals surface area contributed by atoms with E-state index < -0.39 is 5.97 Å². The Kier molecular flexibility index (Phi) is 10.3. The quantitative estimate of drug-likeness (QED) is 0.312. The summed E-state index contributed by atoms with van der Waals surface area (Å²) in [7, 11) is 0. The van der Waals surface area contributed by atoms with Crippen molar-refractivity contribution >= 4 is 29.1 Å². The Morgan fingerprint density at radius 3 is 1.67 bits per heavy atom. The third kappa shape index (κ3) is 6.90. The second-order valence-electron chi connectivity index (χ2n) is 11.8. The van der Waals surface area contributed by atoms with Gasteiger partial charge in [-0.2, -0.15) is 0 Å². The van der Waals surface area contributed by atoms with Crippen LogP contribution in [0.4, 0.5) is 11.4 Å². The molecule has 6 heteroatoms. The van der Waals surface area contributed by atoms with Gasteiger partial charge in [0.25, 0.3) is 0 Å². The molecule has 0 radical (unpaired) electrons. The van der Waals surface area contributed by atoms with Gasteiger partial charge in [-0.1, -0.05) is 91.8 Å². The smallest absolute Gasteiger partial charge is 0.305 e. The van der Waals surface area contributed by atoms with E-state index in [-0.39, 0.29) is 35.5 Å². The van der Waals surface area contributed by atoms with Gasteiger partial charge < -0.3 is 14.6 Å². The van der Waals surface area contributed by atoms with Gasteiger partial charge in [0.15, 0.2) is 5.97 Å². The fourth-order valence-electron chi connectivity index (χ4n) is 5.49. The third-order valence-corrected chi connectivity index (χ3v) is 7.50. The Hall–Kier alpha value is -3.15. The minimum atomic E-state index is -1.12. The van der Waals surface area contributed by atoms with Crippen LogP contribution < -0.4 is 10.0 Å². The number of carboxylic acids is 1. The number of benzene rings is 2. The standard InChI is InChI=1S/C28H38N2O2.C5H8O2/c1-17(2)21-11-9-12-22(18(3)4)25(21)29-15-16-30(27(29)28(31)32)26-23(19(5)6)13-10-14-24(26)20(7)8;6-5-3-1-2-4-7-5/h9-14,17-20H,15-16H2,1-8H3;1-4H2. The number of esters is 1. The Labute approximate surface area is 234 Å². The summed E-state index contributed by atoms with van der Waals surface area (Å²) in [6.07, 6.45) is 2.69. The number of nitrogens with zero attached hydrogens (tertiary/aromatic N) is 2. The van der Waals surface area contributed by atoms with Crippen LogP contribution in [-0.4, -0.2) is 42.0 Å². The molecule has 0 aromatic heterocycles. The second-order valence-corrected chi connectivity index (χ2v) is 11.8. The molecule has 4 rings (SSSR count). The fourth-order valence-corrected chi connectivity index (χ4v) is 5.49. The highest BCUT2D eigenvalue weighted by Crippen LogP contribution is 2.39. The van der Waals surface area contributed by atoms with Crippen LogP contribution in [0.15, 0.2) is 36.4 Å². The van der Waals surface area contributed by atoms with Gasteiger partial charge in [0.2, 0.25) is 0 Å². The number of hydrogen-bond acceptors (Lipinski definition) is 5. The first-order valence-corrected chi connectivity index (χ1v) is 14.5. The summed E-state index contributed by atoms with van der Waals surface area (Å²) in [5.74, 6) is 0.250. The predicted octanol–water partition coefficient (Wildman–Crippen LogP) is 6.21. The molecule has 0 bridgehead atoms. The molecule has 2 aliphatic heterocycles. The Bertz CT molecular complexity index is 1150. The molecule has 0 aliphatic carbocycles. The van der Waals surface area contributed by atoms with Crippen LogP contribution >= 0.6 is 0 Å². The zero-order chi connectivity index (χ0) is 28.9. The molecule has 0 N–H and O–H groups in total. The summed E-state index contributed by atoms with van der Waals surface area (Å²) in [5.41, 5.74) is 6.78. The summed E-state index contributed by atoms with van der Waals surface area (Å²) in [6.45, 7) is 19.2. The number of cyclic esters (lactones) is 1. The number of rotatable bonds is 7. The van der Waals surface area contributed by atoms with Gasteiger partial charge in [-0.15, -0.1) is 0 Å². The van der Waals surface area contributed by atoms with E-state index in [0.717, 1.165) is 24.2 Å². The Morgan fingerprint density at radius 2 is 1.31 bits per heavy atom. The van der Waals surface area contributed by atoms with Crippen molar-refractivity contribution in [1.29, 1.82) is 0 Å². The summed E-state index contributed by atoms with van der Waals surface area (Å²) in [4.78, 5) is 24.9. The van der Waals surface area contributed by atoms with Crippen LogP contribution in [-0.2, 0) is 14.3 Å². The van der Waals surface area contributed by atoms with Crippen LogP contribution in [0, 0.1) is 0 Å². The Balaban J connectivity index is 0.000000520. The fraction of sp³-hybridized carbons (Fsp3) is 0.545. The maximum absolute atomic E-state index is 12.7. The largest absolute Gasteiger partial charge is 0.538 e. The Morgan fingerprint density at radius 1 is 0.821 bits per heavy atom. The van der Waals surface area contributed by atoms with Gasteiger partial charge in [0.1, 0.15) is 24.5 Å². The monoisotopic (exact) mass is 534 g/mol. The molecule has 212 valence electrons. The van der Waals surface area contributed by atoms with Crippen molar-refractivity contribution in [1.82, 2.24) is 0 Å². The molecule has 1 saturated heterocycles. The number of hydrogen-bond donors (Lipinski definition) is 0. The summed E-state index contributed by atoms with van der Waals surface area (Å²) in [5, 5.41) is 12.7. The molecule has 0 atom stereocenters. The average Bonchev–Trinajstić information content (AvgIpc) is 3.33. The molecule has 2 aliphatic rings. The van der Waals surface area contributed by atoms with E-state index in [1.54, 1.807) is 0 Å². The van der Waals surface area contributed by atoms with Crippen molar-refractivity contribution in [2.24, 2.45) is 0 Å². The van der Waals surface area contributed by atoms with E-state index in [1.165, 1.54) is 22.3 Å². The van der Waals surface area contributed by atoms with Crippen molar-refractivity contribution in [3.05, 3.63) is 58.7 Å². The highest BCUT2D eigenvalue weighted by molar-refractivity contribution is 6.37. The number of aliphatic carboxylic acids is 1. The summed E-state index contributed by atoms with van der Waals surface area (Å²) in [6, 6.07) is 12.7. The maximum atomic E-state index is 12.7. The first kappa shape index (κ1) is 30.4. The molecule has 2 aromatic rings. The minimum absolute atomic E-state index is 0.0359. The molecule has 2 heterocycles. The lowest BCUT2D eigenvalue weighted by Crippen LogP contribution is -2.45. The zero-order valence-electron chi connectivity index (χ0n) is 25.0. The number of para-hydroxylation sites is 2. The van der Waals surface area contributed by atoms with E-state index in [9.17, 15) is 14.7 Å². The van der Waals surface area contributed by atoms with E-state index in [2.05, 4.69) is 96.5 Å². The van der Waals surface area contributed by atoms with Gasteiger partial charge in [-0.05, 0) is 36.5 Å². The number of amidine groups is 1. The molecule has 1 fully saturated rings. The summed E-state index contributed by atoms with van der Waals surface area (Å²) >= 11 is 0. The zero-order valence-corrected chi connectivity index (χ0v) is 25.0. The lowest BCUT2D eigenvalue weighted by atomic mass is 9.91. The molecule has 39 heavy (non-hydrogen) atoms. The lowest BCUT2D eigenvalue weighted by molar-refractivity contribution is -0.433. The van der Waals surface area contributed by atoms with E-state index in [0.29, 0.717) is 26.1 Å². The van der Waals surface area contributed by atoms with E-state index >= 15 is 0 Å². The van der Waals surface area contributed by atoms with Gasteiger partial charge in [0, 0.05) is 28.7 Å². The van der Waals surface area contributed by atoms with Gasteiger partial charge in [0.05, 0.1) is 6.61 Å². The topological polar surface area (TPSA) is 72.7 Å². The van der Waals surface area contributed by atoms with Crippen molar-refractivity contribution in [3.8, 4) is 0 Å². The molecule has 0 spiro atoms. The van der Waals surface area contributed by atoms with Crippen molar-refractivity contribution in [2.75, 3.05) is 24.6 Å². The van der Waals surface area contributed by atoms with Crippen LogP contribution in [0.3, 0.4) is 0 Å². The van der Waals surface area contributed by atoms with Crippen LogP contribution in [0.2, 0.25) is 0 Å². The average molecular weight is 535 g/mol.